The van der Waals surface area contributed by atoms with Crippen molar-refractivity contribution in [2.75, 3.05) is 26.2 Å². The maximum atomic E-state index is 10.5. The zero-order valence-electron chi connectivity index (χ0n) is 8.16. The normalized spacial score (nSPS) is 24.1. The van der Waals surface area contributed by atoms with Gasteiger partial charge in [0.25, 0.3) is 0 Å². The number of carboxylic acids is 1. The summed E-state index contributed by atoms with van der Waals surface area (Å²) in [4.78, 5) is 12.5. The first-order chi connectivity index (χ1) is 7.11. The molecule has 0 aromatic rings. The molecule has 1 rings (SSSR count). The molecule has 0 spiro atoms. The molecule has 1 heterocycles. The number of carbonyl (C=O) groups is 1. The van der Waals surface area contributed by atoms with E-state index in [1.165, 1.54) is 5.54 Å². The van der Waals surface area contributed by atoms with Crippen LogP contribution in [0.5, 0.6) is 0 Å². The molecule has 0 amide bonds. The summed E-state index contributed by atoms with van der Waals surface area (Å²) in [5.74, 6) is -0.846. The van der Waals surface area contributed by atoms with Gasteiger partial charge in [-0.2, -0.15) is 0 Å². The van der Waals surface area contributed by atoms with E-state index in [4.69, 9.17) is 33.0 Å². The van der Waals surface area contributed by atoms with Gasteiger partial charge in [-0.25, -0.2) is 0 Å². The average Bonchev–Trinajstić information content (AvgIpc) is 2.17. The van der Waals surface area contributed by atoms with Crippen molar-refractivity contribution >= 4 is 29.2 Å². The first-order valence-corrected chi connectivity index (χ1v) is 5.43. The molecular formula is C9H13Cl2NO3. The van der Waals surface area contributed by atoms with Gasteiger partial charge in [0.2, 0.25) is 0 Å². The Morgan fingerprint density at radius 1 is 1.67 bits per heavy atom. The Morgan fingerprint density at radius 2 is 2.40 bits per heavy atom. The van der Waals surface area contributed by atoms with E-state index in [0.29, 0.717) is 24.7 Å². The molecule has 0 saturated carbocycles. The van der Waals surface area contributed by atoms with Gasteiger partial charge in [0.05, 0.1) is 19.1 Å². The number of carboxylic acid groups (broad SMARTS) is 1. The highest BCUT2D eigenvalue weighted by atomic mass is 35.5. The van der Waals surface area contributed by atoms with E-state index in [9.17, 15) is 4.79 Å². The first-order valence-electron chi connectivity index (χ1n) is 4.62. The van der Waals surface area contributed by atoms with Crippen molar-refractivity contribution in [2.45, 2.75) is 12.5 Å². The molecule has 0 aliphatic carbocycles. The Morgan fingerprint density at radius 3 is 3.00 bits per heavy atom. The smallest absolute Gasteiger partial charge is 0.306 e. The van der Waals surface area contributed by atoms with Crippen molar-refractivity contribution in [3.8, 4) is 0 Å². The van der Waals surface area contributed by atoms with Crippen molar-refractivity contribution in [1.29, 1.82) is 0 Å². The molecule has 1 saturated heterocycles. The fourth-order valence-corrected chi connectivity index (χ4v) is 1.73. The van der Waals surface area contributed by atoms with Crippen LogP contribution in [0.25, 0.3) is 0 Å². The molecule has 0 bridgehead atoms. The van der Waals surface area contributed by atoms with Crippen molar-refractivity contribution in [3.63, 3.8) is 0 Å². The minimum Gasteiger partial charge on any atom is -0.481 e. The lowest BCUT2D eigenvalue weighted by atomic mass is 10.2. The number of rotatable bonds is 4. The summed E-state index contributed by atoms with van der Waals surface area (Å²) in [5, 5.41) is 9.17. The summed E-state index contributed by atoms with van der Waals surface area (Å²) in [6, 6.07) is 0. The second kappa shape index (κ2) is 6.33. The van der Waals surface area contributed by atoms with Crippen LogP contribution in [0.2, 0.25) is 0 Å². The lowest BCUT2D eigenvalue weighted by Gasteiger charge is -2.31. The van der Waals surface area contributed by atoms with E-state index in [2.05, 4.69) is 0 Å². The Bertz CT molecular complexity index is 258. The summed E-state index contributed by atoms with van der Waals surface area (Å²) >= 11 is 11.2. The summed E-state index contributed by atoms with van der Waals surface area (Å²) in [7, 11) is 0. The highest BCUT2D eigenvalue weighted by Gasteiger charge is 2.22. The van der Waals surface area contributed by atoms with E-state index in [1.54, 1.807) is 0 Å². The molecular weight excluding hydrogens is 241 g/mol. The first kappa shape index (κ1) is 12.8. The second-order valence-electron chi connectivity index (χ2n) is 3.38. The third-order valence-electron chi connectivity index (χ3n) is 2.12. The Labute approximate surface area is 98.4 Å². The molecule has 1 aliphatic heterocycles. The fraction of sp³-hybridized carbons (Fsp3) is 0.667. The van der Waals surface area contributed by atoms with E-state index in [0.717, 1.165) is 6.54 Å². The average molecular weight is 254 g/mol. The molecule has 15 heavy (non-hydrogen) atoms. The second-order valence-corrected chi connectivity index (χ2v) is 4.09. The number of hydrogen-bond donors (Lipinski definition) is 1. The number of halogens is 2. The van der Waals surface area contributed by atoms with E-state index in [-0.39, 0.29) is 12.5 Å². The Hall–Kier alpha value is -0.290. The van der Waals surface area contributed by atoms with E-state index >= 15 is 0 Å². The minimum atomic E-state index is -0.846. The predicted octanol–water partition coefficient (Wildman–Crippen LogP) is 1.48. The van der Waals surface area contributed by atoms with Crippen molar-refractivity contribution in [1.82, 2.24) is 4.90 Å². The van der Waals surface area contributed by atoms with Gasteiger partial charge in [-0.1, -0.05) is 23.2 Å². The molecule has 1 fully saturated rings. The largest absolute Gasteiger partial charge is 0.481 e. The van der Waals surface area contributed by atoms with E-state index < -0.39 is 5.97 Å². The standard InChI is InChI=1S/C9H13Cl2NO3/c10-4-7(11)5-12-1-2-15-8(6-12)3-9(13)14/h4,8H,1-3,5-6H2,(H,13,14). The molecule has 1 aliphatic rings. The third-order valence-corrected chi connectivity index (χ3v) is 2.72. The molecule has 1 N–H and O–H groups in total. The maximum Gasteiger partial charge on any atom is 0.306 e. The topological polar surface area (TPSA) is 49.8 Å². The SMILES string of the molecule is O=C(O)CC1CN(CC(Cl)=CCl)CCO1. The van der Waals surface area contributed by atoms with Gasteiger partial charge in [0.1, 0.15) is 0 Å². The fourth-order valence-electron chi connectivity index (χ4n) is 1.49. The molecule has 0 aromatic carbocycles. The summed E-state index contributed by atoms with van der Waals surface area (Å²) in [5.41, 5.74) is 1.32. The number of hydrogen-bond acceptors (Lipinski definition) is 3. The summed E-state index contributed by atoms with van der Waals surface area (Å²) < 4.78 is 5.32. The molecule has 86 valence electrons. The van der Waals surface area contributed by atoms with Gasteiger partial charge in [-0.05, 0) is 0 Å². The Balaban J connectivity index is 2.38. The number of aliphatic carboxylic acids is 1. The van der Waals surface area contributed by atoms with Crippen molar-refractivity contribution < 1.29 is 14.6 Å². The van der Waals surface area contributed by atoms with Crippen LogP contribution in [0.1, 0.15) is 6.42 Å². The highest BCUT2D eigenvalue weighted by molar-refractivity contribution is 6.36. The zero-order chi connectivity index (χ0) is 11.3. The monoisotopic (exact) mass is 253 g/mol. The van der Waals surface area contributed by atoms with Crippen LogP contribution < -0.4 is 0 Å². The van der Waals surface area contributed by atoms with Crippen molar-refractivity contribution in [3.05, 3.63) is 10.6 Å². The molecule has 6 heteroatoms. The lowest BCUT2D eigenvalue weighted by Crippen LogP contribution is -2.43. The molecule has 0 radical (unpaired) electrons. The Kier molecular flexibility index (Phi) is 5.39. The van der Waals surface area contributed by atoms with Crippen LogP contribution in [-0.2, 0) is 9.53 Å². The molecule has 0 aromatic heterocycles. The van der Waals surface area contributed by atoms with Gasteiger partial charge in [0, 0.05) is 30.2 Å². The van der Waals surface area contributed by atoms with Crippen molar-refractivity contribution in [2.24, 2.45) is 0 Å². The maximum absolute atomic E-state index is 10.5. The van der Waals surface area contributed by atoms with Crippen LogP contribution in [0.4, 0.5) is 0 Å². The quantitative estimate of drug-likeness (QED) is 0.825. The van der Waals surface area contributed by atoms with Crippen LogP contribution in [0.15, 0.2) is 10.6 Å². The summed E-state index contributed by atoms with van der Waals surface area (Å²) in [6.45, 7) is 2.40. The van der Waals surface area contributed by atoms with Crippen LogP contribution in [0, 0.1) is 0 Å². The summed E-state index contributed by atoms with van der Waals surface area (Å²) in [6.07, 6.45) is -0.227. The van der Waals surface area contributed by atoms with Gasteiger partial charge in [-0.15, -0.1) is 0 Å². The van der Waals surface area contributed by atoms with Crippen LogP contribution in [-0.4, -0.2) is 48.3 Å². The number of ether oxygens (including phenoxy) is 1. The highest BCUT2D eigenvalue weighted by Crippen LogP contribution is 2.12. The molecule has 1 unspecified atom stereocenters. The molecule has 1 atom stereocenters. The van der Waals surface area contributed by atoms with Gasteiger partial charge in [-0.3, -0.25) is 9.69 Å². The van der Waals surface area contributed by atoms with Gasteiger partial charge >= 0.3 is 5.97 Å². The number of morpholine rings is 1. The van der Waals surface area contributed by atoms with Crippen LogP contribution >= 0.6 is 23.2 Å². The van der Waals surface area contributed by atoms with Gasteiger partial charge < -0.3 is 9.84 Å². The third kappa shape index (κ3) is 4.84. The molecule has 4 nitrogen and oxygen atoms in total. The van der Waals surface area contributed by atoms with E-state index in [1.807, 2.05) is 4.90 Å². The zero-order valence-corrected chi connectivity index (χ0v) is 9.67. The van der Waals surface area contributed by atoms with Gasteiger partial charge in [0.15, 0.2) is 0 Å². The predicted molar refractivity (Wildman–Crippen MR) is 58.2 cm³/mol. The minimum absolute atomic E-state index is 0.0265. The van der Waals surface area contributed by atoms with Crippen LogP contribution in [0.3, 0.4) is 0 Å². The lowest BCUT2D eigenvalue weighted by molar-refractivity contribution is -0.142. The number of nitrogens with zero attached hydrogens (tertiary/aromatic N) is 1.